The lowest BCUT2D eigenvalue weighted by atomic mass is 10.1. The number of ether oxygens (including phenoxy) is 2. The number of carbonyl (C=O) groups is 1. The molecule has 0 radical (unpaired) electrons. The van der Waals surface area contributed by atoms with E-state index in [2.05, 4.69) is 15.3 Å². The van der Waals surface area contributed by atoms with Crippen LogP contribution < -0.4 is 14.8 Å². The van der Waals surface area contributed by atoms with Crippen molar-refractivity contribution >= 4 is 11.6 Å². The minimum Gasteiger partial charge on any atom is -0.454 e. The van der Waals surface area contributed by atoms with Gasteiger partial charge in [-0.3, -0.25) is 4.79 Å². The summed E-state index contributed by atoms with van der Waals surface area (Å²) < 4.78 is 10.6. The Balaban J connectivity index is 1.33. The second-order valence-corrected chi connectivity index (χ2v) is 5.90. The van der Waals surface area contributed by atoms with E-state index in [0.29, 0.717) is 24.4 Å². The molecule has 1 N–H and O–H groups in total. The lowest BCUT2D eigenvalue weighted by Crippen LogP contribution is -2.12. The molecular formula is C20H17N3O3. The molecule has 130 valence electrons. The van der Waals surface area contributed by atoms with Crippen molar-refractivity contribution in [3.63, 3.8) is 0 Å². The van der Waals surface area contributed by atoms with Gasteiger partial charge in [0.15, 0.2) is 17.3 Å². The number of nitrogens with zero attached hydrogens (tertiary/aromatic N) is 2. The average Bonchev–Trinajstić information content (AvgIpc) is 3.15. The van der Waals surface area contributed by atoms with Gasteiger partial charge in [0, 0.05) is 12.0 Å². The number of hydrogen-bond acceptors (Lipinski definition) is 5. The number of anilines is 1. The summed E-state index contributed by atoms with van der Waals surface area (Å²) >= 11 is 0. The van der Waals surface area contributed by atoms with Crippen LogP contribution in [-0.2, 0) is 11.2 Å². The lowest BCUT2D eigenvalue weighted by molar-refractivity contribution is -0.116. The van der Waals surface area contributed by atoms with Crippen LogP contribution in [0.1, 0.15) is 12.0 Å². The Labute approximate surface area is 150 Å². The van der Waals surface area contributed by atoms with Crippen molar-refractivity contribution in [1.82, 2.24) is 9.97 Å². The van der Waals surface area contributed by atoms with E-state index in [1.54, 1.807) is 12.4 Å². The van der Waals surface area contributed by atoms with Crippen molar-refractivity contribution in [3.05, 3.63) is 66.5 Å². The zero-order chi connectivity index (χ0) is 17.8. The third-order valence-corrected chi connectivity index (χ3v) is 4.05. The molecule has 0 bridgehead atoms. The van der Waals surface area contributed by atoms with Gasteiger partial charge in [0.1, 0.15) is 0 Å². The van der Waals surface area contributed by atoms with Crippen molar-refractivity contribution < 1.29 is 14.3 Å². The van der Waals surface area contributed by atoms with E-state index in [0.717, 1.165) is 22.6 Å². The van der Waals surface area contributed by atoms with Gasteiger partial charge in [-0.1, -0.05) is 36.4 Å². The standard InChI is InChI=1S/C20H17N3O3/c24-19(9-7-14-6-8-17-18(10-14)26-13-25-17)23-16-11-21-20(22-12-16)15-4-2-1-3-5-15/h1-6,8,10-12H,7,9,13H2,(H,23,24). The zero-order valence-electron chi connectivity index (χ0n) is 14.0. The Hall–Kier alpha value is -3.41. The van der Waals surface area contributed by atoms with Crippen LogP contribution in [0.25, 0.3) is 11.4 Å². The second-order valence-electron chi connectivity index (χ2n) is 5.90. The molecule has 2 aromatic carbocycles. The fourth-order valence-electron chi connectivity index (χ4n) is 2.71. The maximum Gasteiger partial charge on any atom is 0.231 e. The molecule has 2 heterocycles. The molecule has 3 aromatic rings. The van der Waals surface area contributed by atoms with Gasteiger partial charge in [0.05, 0.1) is 18.1 Å². The summed E-state index contributed by atoms with van der Waals surface area (Å²) in [6, 6.07) is 15.4. The van der Waals surface area contributed by atoms with E-state index in [1.165, 1.54) is 0 Å². The normalized spacial score (nSPS) is 12.0. The zero-order valence-corrected chi connectivity index (χ0v) is 14.0. The third-order valence-electron chi connectivity index (χ3n) is 4.05. The summed E-state index contributed by atoms with van der Waals surface area (Å²) in [5.41, 5.74) is 2.55. The van der Waals surface area contributed by atoms with Gasteiger partial charge in [-0.2, -0.15) is 0 Å². The van der Waals surface area contributed by atoms with Crippen LogP contribution in [0.15, 0.2) is 60.9 Å². The highest BCUT2D eigenvalue weighted by Crippen LogP contribution is 2.32. The quantitative estimate of drug-likeness (QED) is 0.765. The van der Waals surface area contributed by atoms with Crippen LogP contribution in [-0.4, -0.2) is 22.7 Å². The predicted octanol–water partition coefficient (Wildman–Crippen LogP) is 3.44. The molecule has 0 saturated heterocycles. The second kappa shape index (κ2) is 7.23. The van der Waals surface area contributed by atoms with Crippen LogP contribution in [0.2, 0.25) is 0 Å². The number of aryl methyl sites for hydroxylation is 1. The third kappa shape index (κ3) is 3.64. The summed E-state index contributed by atoms with van der Waals surface area (Å²) in [7, 11) is 0. The number of benzene rings is 2. The summed E-state index contributed by atoms with van der Waals surface area (Å²) in [4.78, 5) is 20.8. The van der Waals surface area contributed by atoms with Crippen LogP contribution in [0.5, 0.6) is 11.5 Å². The van der Waals surface area contributed by atoms with Crippen molar-refractivity contribution in [3.8, 4) is 22.9 Å². The maximum atomic E-state index is 12.2. The van der Waals surface area contributed by atoms with Crippen LogP contribution >= 0.6 is 0 Å². The van der Waals surface area contributed by atoms with E-state index >= 15 is 0 Å². The van der Waals surface area contributed by atoms with Crippen molar-refractivity contribution in [2.45, 2.75) is 12.8 Å². The van der Waals surface area contributed by atoms with Gasteiger partial charge in [0.2, 0.25) is 12.7 Å². The minimum absolute atomic E-state index is 0.0845. The number of rotatable bonds is 5. The van der Waals surface area contributed by atoms with Gasteiger partial charge in [-0.25, -0.2) is 9.97 Å². The Kier molecular flexibility index (Phi) is 4.47. The monoisotopic (exact) mass is 347 g/mol. The highest BCUT2D eigenvalue weighted by atomic mass is 16.7. The summed E-state index contributed by atoms with van der Waals surface area (Å²) in [6.45, 7) is 0.248. The number of hydrogen-bond donors (Lipinski definition) is 1. The fraction of sp³-hybridized carbons (Fsp3) is 0.150. The first kappa shape index (κ1) is 16.1. The van der Waals surface area contributed by atoms with Gasteiger partial charge in [-0.05, 0) is 24.1 Å². The Morgan fingerprint density at radius 3 is 2.58 bits per heavy atom. The van der Waals surface area contributed by atoms with Crippen molar-refractivity contribution in [2.75, 3.05) is 12.1 Å². The average molecular weight is 347 g/mol. The molecule has 1 aromatic heterocycles. The Morgan fingerprint density at radius 2 is 1.77 bits per heavy atom. The number of amides is 1. The highest BCUT2D eigenvalue weighted by molar-refractivity contribution is 5.90. The molecule has 26 heavy (non-hydrogen) atoms. The molecule has 4 rings (SSSR count). The molecule has 1 amide bonds. The van der Waals surface area contributed by atoms with E-state index in [4.69, 9.17) is 9.47 Å². The first-order valence-corrected chi connectivity index (χ1v) is 8.34. The lowest BCUT2D eigenvalue weighted by Gasteiger charge is -2.06. The van der Waals surface area contributed by atoms with Crippen molar-refractivity contribution in [2.24, 2.45) is 0 Å². The number of nitrogens with one attached hydrogen (secondary N) is 1. The van der Waals surface area contributed by atoms with Crippen LogP contribution in [0, 0.1) is 0 Å². The van der Waals surface area contributed by atoms with E-state index < -0.39 is 0 Å². The van der Waals surface area contributed by atoms with Gasteiger partial charge in [0.25, 0.3) is 0 Å². The van der Waals surface area contributed by atoms with Gasteiger partial charge in [-0.15, -0.1) is 0 Å². The Morgan fingerprint density at radius 1 is 1.00 bits per heavy atom. The fourth-order valence-corrected chi connectivity index (χ4v) is 2.71. The largest absolute Gasteiger partial charge is 0.454 e. The molecule has 1 aliphatic heterocycles. The molecule has 0 unspecified atom stereocenters. The first-order valence-electron chi connectivity index (χ1n) is 8.34. The maximum absolute atomic E-state index is 12.2. The molecule has 0 atom stereocenters. The smallest absolute Gasteiger partial charge is 0.231 e. The Bertz CT molecular complexity index is 911. The predicted molar refractivity (Wildman–Crippen MR) is 97.0 cm³/mol. The number of fused-ring (bicyclic) bond motifs is 1. The topological polar surface area (TPSA) is 73.3 Å². The molecule has 0 spiro atoms. The van der Waals surface area contributed by atoms with Crippen molar-refractivity contribution in [1.29, 1.82) is 0 Å². The van der Waals surface area contributed by atoms with E-state index in [-0.39, 0.29) is 12.7 Å². The minimum atomic E-state index is -0.0845. The number of carbonyl (C=O) groups excluding carboxylic acids is 1. The van der Waals surface area contributed by atoms with E-state index in [1.807, 2.05) is 48.5 Å². The first-order chi connectivity index (χ1) is 12.8. The SMILES string of the molecule is O=C(CCc1ccc2c(c1)OCO2)Nc1cnc(-c2ccccc2)nc1. The molecule has 0 aliphatic carbocycles. The van der Waals surface area contributed by atoms with Crippen LogP contribution in [0.4, 0.5) is 5.69 Å². The van der Waals surface area contributed by atoms with Gasteiger partial charge >= 0.3 is 0 Å². The molecule has 0 fully saturated rings. The molecule has 6 heteroatoms. The summed E-state index contributed by atoms with van der Waals surface area (Å²) in [5.74, 6) is 2.02. The van der Waals surface area contributed by atoms with Crippen LogP contribution in [0.3, 0.4) is 0 Å². The van der Waals surface area contributed by atoms with Gasteiger partial charge < -0.3 is 14.8 Å². The molecule has 0 saturated carbocycles. The van der Waals surface area contributed by atoms with E-state index in [9.17, 15) is 4.79 Å². The highest BCUT2D eigenvalue weighted by Gasteiger charge is 2.13. The summed E-state index contributed by atoms with van der Waals surface area (Å²) in [6.07, 6.45) is 4.22. The number of aromatic nitrogens is 2. The molecular weight excluding hydrogens is 330 g/mol. The summed E-state index contributed by atoms with van der Waals surface area (Å²) in [5, 5.41) is 2.82. The molecule has 1 aliphatic rings. The molecule has 6 nitrogen and oxygen atoms in total.